The highest BCUT2D eigenvalue weighted by atomic mass is 16.3. The Balaban J connectivity index is 1.38. The normalized spacial score (nSPS) is 10.1. The number of carbonyl (C=O) groups excluding carboxylic acids is 3. The number of urea groups is 1. The van der Waals surface area contributed by atoms with Gasteiger partial charge in [-0.2, -0.15) is 0 Å². The first-order chi connectivity index (χ1) is 14.6. The van der Waals surface area contributed by atoms with Crippen molar-refractivity contribution in [1.82, 2.24) is 16.0 Å². The van der Waals surface area contributed by atoms with Crippen LogP contribution in [0.4, 0.5) is 10.5 Å². The van der Waals surface area contributed by atoms with E-state index in [0.717, 1.165) is 5.56 Å². The van der Waals surface area contributed by atoms with E-state index in [9.17, 15) is 14.4 Å². The van der Waals surface area contributed by atoms with Gasteiger partial charge >= 0.3 is 6.03 Å². The molecule has 0 aliphatic carbocycles. The first-order valence-corrected chi connectivity index (χ1v) is 9.40. The van der Waals surface area contributed by atoms with Crippen molar-refractivity contribution >= 4 is 23.5 Å². The molecule has 30 heavy (non-hydrogen) atoms. The van der Waals surface area contributed by atoms with Gasteiger partial charge in [0.25, 0.3) is 11.8 Å². The first kappa shape index (κ1) is 20.7. The molecule has 1 heterocycles. The lowest BCUT2D eigenvalue weighted by molar-refractivity contribution is 0.0910. The highest BCUT2D eigenvalue weighted by molar-refractivity contribution is 5.95. The molecule has 4 N–H and O–H groups in total. The van der Waals surface area contributed by atoms with Gasteiger partial charge < -0.3 is 25.7 Å². The fourth-order valence-electron chi connectivity index (χ4n) is 2.61. The molecule has 0 aliphatic heterocycles. The predicted octanol–water partition coefficient (Wildman–Crippen LogP) is 2.76. The van der Waals surface area contributed by atoms with E-state index in [1.165, 1.54) is 6.26 Å². The van der Waals surface area contributed by atoms with E-state index in [2.05, 4.69) is 21.3 Å². The summed E-state index contributed by atoms with van der Waals surface area (Å²) in [5.41, 5.74) is 2.02. The smallest absolute Gasteiger partial charge is 0.319 e. The number of hydrogen-bond acceptors (Lipinski definition) is 4. The van der Waals surface area contributed by atoms with Crippen LogP contribution in [0.2, 0.25) is 0 Å². The Morgan fingerprint density at radius 1 is 0.733 bits per heavy atom. The Morgan fingerprint density at radius 2 is 1.43 bits per heavy atom. The van der Waals surface area contributed by atoms with Gasteiger partial charge in [-0.1, -0.05) is 30.3 Å². The Bertz CT molecular complexity index is 970. The third-order valence-corrected chi connectivity index (χ3v) is 4.14. The quantitative estimate of drug-likeness (QED) is 0.431. The second-order valence-corrected chi connectivity index (χ2v) is 6.36. The lowest BCUT2D eigenvalue weighted by Gasteiger charge is -2.09. The van der Waals surface area contributed by atoms with Crippen LogP contribution >= 0.6 is 0 Å². The van der Waals surface area contributed by atoms with Gasteiger partial charge in [0, 0.05) is 30.9 Å². The topological polar surface area (TPSA) is 112 Å². The molecule has 0 aliphatic rings. The minimum absolute atomic E-state index is 0.220. The monoisotopic (exact) mass is 406 g/mol. The molecule has 0 radical (unpaired) electrons. The van der Waals surface area contributed by atoms with Gasteiger partial charge in [-0.3, -0.25) is 9.59 Å². The van der Waals surface area contributed by atoms with Crippen LogP contribution in [-0.4, -0.2) is 30.9 Å². The molecule has 0 unspecified atom stereocenters. The van der Waals surface area contributed by atoms with Gasteiger partial charge in [-0.05, 0) is 42.0 Å². The van der Waals surface area contributed by atoms with Gasteiger partial charge in [-0.15, -0.1) is 0 Å². The van der Waals surface area contributed by atoms with E-state index in [1.807, 2.05) is 30.3 Å². The summed E-state index contributed by atoms with van der Waals surface area (Å²) in [5, 5.41) is 10.8. The average Bonchev–Trinajstić information content (AvgIpc) is 3.31. The number of nitrogens with one attached hydrogen (secondary N) is 4. The maximum Gasteiger partial charge on any atom is 0.319 e. The highest BCUT2D eigenvalue weighted by Crippen LogP contribution is 2.09. The van der Waals surface area contributed by atoms with Crippen LogP contribution < -0.4 is 21.3 Å². The molecule has 154 valence electrons. The van der Waals surface area contributed by atoms with Crippen molar-refractivity contribution in [3.8, 4) is 0 Å². The molecule has 0 bridgehead atoms. The van der Waals surface area contributed by atoms with Crippen LogP contribution in [0, 0.1) is 0 Å². The fraction of sp³-hybridized carbons (Fsp3) is 0.136. The third kappa shape index (κ3) is 6.23. The molecule has 3 rings (SSSR count). The fourth-order valence-corrected chi connectivity index (χ4v) is 2.61. The third-order valence-electron chi connectivity index (χ3n) is 4.14. The summed E-state index contributed by atoms with van der Waals surface area (Å²) in [6.07, 6.45) is 1.42. The summed E-state index contributed by atoms with van der Waals surface area (Å²) in [6, 6.07) is 19.0. The van der Waals surface area contributed by atoms with E-state index in [1.54, 1.807) is 36.4 Å². The molecule has 2 aromatic carbocycles. The standard InChI is InChI=1S/C22H22N4O4/c27-20(23-12-13-24-21(28)19-7-4-14-30-19)17-8-10-18(11-9-17)26-22(29)25-15-16-5-2-1-3-6-16/h1-11,14H,12-13,15H2,(H,23,27)(H,24,28)(H2,25,26,29). The molecule has 8 nitrogen and oxygen atoms in total. The minimum atomic E-state index is -0.338. The molecular weight excluding hydrogens is 384 g/mol. The molecule has 3 aromatic rings. The van der Waals surface area contributed by atoms with Crippen LogP contribution in [0.3, 0.4) is 0 Å². The van der Waals surface area contributed by atoms with Crippen LogP contribution in [0.25, 0.3) is 0 Å². The molecule has 0 spiro atoms. The maximum absolute atomic E-state index is 12.2. The molecule has 0 saturated heterocycles. The minimum Gasteiger partial charge on any atom is -0.459 e. The number of rotatable bonds is 8. The van der Waals surface area contributed by atoms with Crippen molar-refractivity contribution in [2.24, 2.45) is 0 Å². The predicted molar refractivity (Wildman–Crippen MR) is 112 cm³/mol. The average molecular weight is 406 g/mol. The van der Waals surface area contributed by atoms with Crippen LogP contribution in [0.15, 0.2) is 77.4 Å². The summed E-state index contributed by atoms with van der Waals surface area (Å²) in [4.78, 5) is 35.9. The number of amides is 4. The summed E-state index contributed by atoms with van der Waals surface area (Å²) in [5.74, 6) is -0.394. The zero-order valence-electron chi connectivity index (χ0n) is 16.2. The Labute approximate surface area is 173 Å². The second-order valence-electron chi connectivity index (χ2n) is 6.36. The van der Waals surface area contributed by atoms with Crippen molar-refractivity contribution < 1.29 is 18.8 Å². The summed E-state index contributed by atoms with van der Waals surface area (Å²) in [7, 11) is 0. The number of benzene rings is 2. The lowest BCUT2D eigenvalue weighted by atomic mass is 10.2. The summed E-state index contributed by atoms with van der Waals surface area (Å²) >= 11 is 0. The zero-order chi connectivity index (χ0) is 21.2. The van der Waals surface area contributed by atoms with Gasteiger partial charge in [0.15, 0.2) is 5.76 Å². The number of hydrogen-bond donors (Lipinski definition) is 4. The van der Waals surface area contributed by atoms with Crippen molar-refractivity contribution in [2.45, 2.75) is 6.54 Å². The largest absolute Gasteiger partial charge is 0.459 e. The number of furan rings is 1. The molecule has 0 saturated carbocycles. The van der Waals surface area contributed by atoms with E-state index >= 15 is 0 Å². The van der Waals surface area contributed by atoms with Crippen molar-refractivity contribution in [3.05, 3.63) is 89.9 Å². The van der Waals surface area contributed by atoms with Crippen LogP contribution in [-0.2, 0) is 6.54 Å². The van der Waals surface area contributed by atoms with Crippen molar-refractivity contribution in [2.75, 3.05) is 18.4 Å². The number of anilines is 1. The van der Waals surface area contributed by atoms with Gasteiger partial charge in [0.2, 0.25) is 0 Å². The van der Waals surface area contributed by atoms with E-state index in [4.69, 9.17) is 4.42 Å². The maximum atomic E-state index is 12.2. The summed E-state index contributed by atoms with van der Waals surface area (Å²) < 4.78 is 4.99. The molecule has 8 heteroatoms. The Hall–Kier alpha value is -4.07. The van der Waals surface area contributed by atoms with Crippen LogP contribution in [0.5, 0.6) is 0 Å². The summed E-state index contributed by atoms with van der Waals surface area (Å²) in [6.45, 7) is 0.962. The van der Waals surface area contributed by atoms with E-state index in [0.29, 0.717) is 17.8 Å². The second kappa shape index (κ2) is 10.5. The SMILES string of the molecule is O=C(NCc1ccccc1)Nc1ccc(C(=O)NCCNC(=O)c2ccco2)cc1. The highest BCUT2D eigenvalue weighted by Gasteiger charge is 2.09. The lowest BCUT2D eigenvalue weighted by Crippen LogP contribution is -2.34. The molecule has 0 fully saturated rings. The Morgan fingerprint density at radius 3 is 2.10 bits per heavy atom. The molecule has 4 amide bonds. The Kier molecular flexibility index (Phi) is 7.21. The van der Waals surface area contributed by atoms with E-state index < -0.39 is 0 Å². The van der Waals surface area contributed by atoms with Crippen molar-refractivity contribution in [3.63, 3.8) is 0 Å². The van der Waals surface area contributed by atoms with E-state index in [-0.39, 0.29) is 36.7 Å². The molecule has 1 aromatic heterocycles. The van der Waals surface area contributed by atoms with Gasteiger partial charge in [-0.25, -0.2) is 4.79 Å². The van der Waals surface area contributed by atoms with Gasteiger partial charge in [0.1, 0.15) is 0 Å². The molecule has 0 atom stereocenters. The number of carbonyl (C=O) groups is 3. The zero-order valence-corrected chi connectivity index (χ0v) is 16.2. The van der Waals surface area contributed by atoms with Gasteiger partial charge in [0.05, 0.1) is 6.26 Å². The molecular formula is C22H22N4O4. The first-order valence-electron chi connectivity index (χ1n) is 9.40. The van der Waals surface area contributed by atoms with Crippen molar-refractivity contribution in [1.29, 1.82) is 0 Å². The van der Waals surface area contributed by atoms with Crippen LogP contribution in [0.1, 0.15) is 26.5 Å².